The number of carbonyl (C=O) groups is 2. The maximum atomic E-state index is 12.2. The van der Waals surface area contributed by atoms with Crippen LogP contribution in [0.3, 0.4) is 0 Å². The van der Waals surface area contributed by atoms with Gasteiger partial charge in [0.05, 0.1) is 5.41 Å². The fourth-order valence-electron chi connectivity index (χ4n) is 3.72. The Bertz CT molecular complexity index is 445. The summed E-state index contributed by atoms with van der Waals surface area (Å²) in [6.45, 7) is 9.55. The maximum absolute atomic E-state index is 12.2. The van der Waals surface area contributed by atoms with Gasteiger partial charge in [0.2, 0.25) is 0 Å². The highest BCUT2D eigenvalue weighted by Crippen LogP contribution is 2.51. The molecule has 0 unspecified atom stereocenters. The van der Waals surface area contributed by atoms with Crippen LogP contribution >= 0.6 is 0 Å². The zero-order valence-corrected chi connectivity index (χ0v) is 13.4. The standard InChI is InChI=1S/C15H26N2O4/c1-5-15(11(18)19)9-16-8-14(15)6-7-17(10-14)12(20)21-13(2,3)4/h16H,5-10H2,1-4H3,(H,18,19)/t14-,15+/m0/s1. The van der Waals surface area contributed by atoms with E-state index in [4.69, 9.17) is 4.74 Å². The molecule has 2 rings (SSSR count). The number of hydrogen-bond donors (Lipinski definition) is 2. The SMILES string of the molecule is CC[C@]1(C(=O)O)CNC[C@]12CCN(C(=O)OC(C)(C)C)C2. The van der Waals surface area contributed by atoms with Gasteiger partial charge < -0.3 is 20.1 Å². The van der Waals surface area contributed by atoms with Gasteiger partial charge in [0.25, 0.3) is 0 Å². The lowest BCUT2D eigenvalue weighted by Gasteiger charge is -2.38. The van der Waals surface area contributed by atoms with Gasteiger partial charge in [-0.05, 0) is 33.6 Å². The first-order chi connectivity index (χ1) is 9.66. The van der Waals surface area contributed by atoms with E-state index in [-0.39, 0.29) is 11.5 Å². The van der Waals surface area contributed by atoms with Crippen LogP contribution in [0.25, 0.3) is 0 Å². The molecule has 2 atom stereocenters. The molecule has 2 N–H and O–H groups in total. The number of carboxylic acids is 1. The van der Waals surface area contributed by atoms with E-state index in [0.29, 0.717) is 39.0 Å². The van der Waals surface area contributed by atoms with Crippen molar-refractivity contribution in [3.8, 4) is 0 Å². The van der Waals surface area contributed by atoms with Gasteiger partial charge in [-0.2, -0.15) is 0 Å². The lowest BCUT2D eigenvalue weighted by atomic mass is 9.63. The Balaban J connectivity index is 2.17. The monoisotopic (exact) mass is 298 g/mol. The molecular weight excluding hydrogens is 272 g/mol. The third-order valence-corrected chi connectivity index (χ3v) is 4.92. The molecule has 2 aliphatic heterocycles. The van der Waals surface area contributed by atoms with Crippen LogP contribution in [0.15, 0.2) is 0 Å². The lowest BCUT2D eigenvalue weighted by molar-refractivity contribution is -0.154. The number of nitrogens with zero attached hydrogens (tertiary/aromatic N) is 1. The molecule has 1 spiro atoms. The molecule has 0 aromatic carbocycles. The number of nitrogens with one attached hydrogen (secondary N) is 1. The predicted molar refractivity (Wildman–Crippen MR) is 78.1 cm³/mol. The molecular formula is C15H26N2O4. The van der Waals surface area contributed by atoms with E-state index in [1.807, 2.05) is 27.7 Å². The molecule has 0 bridgehead atoms. The van der Waals surface area contributed by atoms with Gasteiger partial charge in [-0.25, -0.2) is 4.79 Å². The molecule has 0 aromatic heterocycles. The smallest absolute Gasteiger partial charge is 0.410 e. The Kier molecular flexibility index (Phi) is 3.95. The number of likely N-dealkylation sites (tertiary alicyclic amines) is 1. The topological polar surface area (TPSA) is 78.9 Å². The summed E-state index contributed by atoms with van der Waals surface area (Å²) < 4.78 is 5.41. The highest BCUT2D eigenvalue weighted by Gasteiger charge is 2.61. The summed E-state index contributed by atoms with van der Waals surface area (Å²) >= 11 is 0. The fourth-order valence-corrected chi connectivity index (χ4v) is 3.72. The quantitative estimate of drug-likeness (QED) is 0.811. The van der Waals surface area contributed by atoms with Crippen LogP contribution in [0, 0.1) is 10.8 Å². The third kappa shape index (κ3) is 2.61. The van der Waals surface area contributed by atoms with E-state index < -0.39 is 17.0 Å². The predicted octanol–water partition coefficient (Wildman–Crippen LogP) is 1.70. The summed E-state index contributed by atoms with van der Waals surface area (Å²) in [6.07, 6.45) is 0.929. The average Bonchev–Trinajstić information content (AvgIpc) is 2.93. The first kappa shape index (κ1) is 16.1. The summed E-state index contributed by atoms with van der Waals surface area (Å²) in [4.78, 5) is 25.7. The van der Waals surface area contributed by atoms with Crippen molar-refractivity contribution in [2.24, 2.45) is 10.8 Å². The van der Waals surface area contributed by atoms with Crippen LogP contribution < -0.4 is 5.32 Å². The van der Waals surface area contributed by atoms with Gasteiger partial charge in [0.1, 0.15) is 5.60 Å². The summed E-state index contributed by atoms with van der Waals surface area (Å²) in [7, 11) is 0. The maximum Gasteiger partial charge on any atom is 0.410 e. The number of carboxylic acid groups (broad SMARTS) is 1. The number of amides is 1. The summed E-state index contributed by atoms with van der Waals surface area (Å²) in [5, 5.41) is 13.0. The van der Waals surface area contributed by atoms with Gasteiger partial charge >= 0.3 is 12.1 Å². The summed E-state index contributed by atoms with van der Waals surface area (Å²) in [5.74, 6) is -0.763. The minimum Gasteiger partial charge on any atom is -0.481 e. The molecule has 2 saturated heterocycles. The average molecular weight is 298 g/mol. The fraction of sp³-hybridized carbons (Fsp3) is 0.867. The van der Waals surface area contributed by atoms with Crippen LogP contribution in [0.2, 0.25) is 0 Å². The van der Waals surface area contributed by atoms with Crippen LogP contribution in [-0.4, -0.2) is 53.8 Å². The molecule has 0 aliphatic carbocycles. The van der Waals surface area contributed by atoms with Gasteiger partial charge in [-0.15, -0.1) is 0 Å². The van der Waals surface area contributed by atoms with Crippen molar-refractivity contribution in [3.05, 3.63) is 0 Å². The Morgan fingerprint density at radius 3 is 2.52 bits per heavy atom. The largest absolute Gasteiger partial charge is 0.481 e. The van der Waals surface area contributed by atoms with E-state index in [9.17, 15) is 14.7 Å². The highest BCUT2D eigenvalue weighted by atomic mass is 16.6. The molecule has 0 aromatic rings. The van der Waals surface area contributed by atoms with Gasteiger partial charge in [-0.1, -0.05) is 6.92 Å². The van der Waals surface area contributed by atoms with Crippen molar-refractivity contribution in [3.63, 3.8) is 0 Å². The van der Waals surface area contributed by atoms with Gasteiger partial charge in [0, 0.05) is 31.6 Å². The first-order valence-corrected chi connectivity index (χ1v) is 7.58. The number of aliphatic carboxylic acids is 1. The molecule has 6 heteroatoms. The molecule has 2 heterocycles. The number of ether oxygens (including phenoxy) is 1. The number of rotatable bonds is 2. The van der Waals surface area contributed by atoms with E-state index in [1.165, 1.54) is 0 Å². The van der Waals surface area contributed by atoms with E-state index >= 15 is 0 Å². The zero-order valence-electron chi connectivity index (χ0n) is 13.4. The Morgan fingerprint density at radius 1 is 1.33 bits per heavy atom. The Labute approximate surface area is 125 Å². The van der Waals surface area contributed by atoms with E-state index in [2.05, 4.69) is 5.32 Å². The zero-order chi connectivity index (χ0) is 15.9. The van der Waals surface area contributed by atoms with Crippen molar-refractivity contribution >= 4 is 12.1 Å². The Hall–Kier alpha value is -1.30. The normalized spacial score (nSPS) is 32.7. The van der Waals surface area contributed by atoms with Gasteiger partial charge in [-0.3, -0.25) is 4.79 Å². The van der Waals surface area contributed by atoms with Crippen molar-refractivity contribution in [2.45, 2.75) is 46.1 Å². The Morgan fingerprint density at radius 2 is 2.00 bits per heavy atom. The second-order valence-corrected chi connectivity index (χ2v) is 7.28. The van der Waals surface area contributed by atoms with Crippen molar-refractivity contribution in [2.75, 3.05) is 26.2 Å². The summed E-state index contributed by atoms with van der Waals surface area (Å²) in [6, 6.07) is 0. The minimum absolute atomic E-state index is 0.346. The number of carbonyl (C=O) groups excluding carboxylic acids is 1. The minimum atomic E-state index is -0.788. The van der Waals surface area contributed by atoms with E-state index in [1.54, 1.807) is 4.90 Å². The van der Waals surface area contributed by atoms with Crippen molar-refractivity contribution in [1.29, 1.82) is 0 Å². The molecule has 0 saturated carbocycles. The lowest BCUT2D eigenvalue weighted by Crippen LogP contribution is -2.49. The van der Waals surface area contributed by atoms with Crippen LogP contribution in [-0.2, 0) is 9.53 Å². The third-order valence-electron chi connectivity index (χ3n) is 4.92. The molecule has 21 heavy (non-hydrogen) atoms. The van der Waals surface area contributed by atoms with Crippen LogP contribution in [0.1, 0.15) is 40.5 Å². The second-order valence-electron chi connectivity index (χ2n) is 7.28. The molecule has 1 amide bonds. The van der Waals surface area contributed by atoms with Crippen LogP contribution in [0.4, 0.5) is 4.79 Å². The summed E-state index contributed by atoms with van der Waals surface area (Å²) in [5.41, 5.74) is -1.70. The first-order valence-electron chi connectivity index (χ1n) is 7.58. The second kappa shape index (κ2) is 5.16. The molecule has 2 aliphatic rings. The molecule has 2 fully saturated rings. The van der Waals surface area contributed by atoms with Gasteiger partial charge in [0.15, 0.2) is 0 Å². The van der Waals surface area contributed by atoms with Crippen molar-refractivity contribution < 1.29 is 19.4 Å². The molecule has 6 nitrogen and oxygen atoms in total. The van der Waals surface area contributed by atoms with Crippen LogP contribution in [0.5, 0.6) is 0 Å². The van der Waals surface area contributed by atoms with Crippen molar-refractivity contribution in [1.82, 2.24) is 10.2 Å². The number of hydrogen-bond acceptors (Lipinski definition) is 4. The highest BCUT2D eigenvalue weighted by molar-refractivity contribution is 5.77. The molecule has 120 valence electrons. The van der Waals surface area contributed by atoms with E-state index in [0.717, 1.165) is 0 Å². The molecule has 0 radical (unpaired) electrons.